The van der Waals surface area contributed by atoms with E-state index in [9.17, 15) is 26.4 Å². The summed E-state index contributed by atoms with van der Waals surface area (Å²) >= 11 is 0. The van der Waals surface area contributed by atoms with Crippen LogP contribution in [0, 0.1) is 0 Å². The first kappa shape index (κ1) is 30.3. The Morgan fingerprint density at radius 3 is 2.17 bits per heavy atom. The zero-order chi connectivity index (χ0) is 29.7. The van der Waals surface area contributed by atoms with Crippen molar-refractivity contribution >= 4 is 15.7 Å². The number of carbonyl (C=O) groups excluding carboxylic acids is 1. The van der Waals surface area contributed by atoms with Crippen LogP contribution in [0.2, 0.25) is 0 Å². The summed E-state index contributed by atoms with van der Waals surface area (Å²) in [4.78, 5) is 15.2. The highest BCUT2D eigenvalue weighted by molar-refractivity contribution is 7.93. The highest BCUT2D eigenvalue weighted by atomic mass is 32.2. The predicted molar refractivity (Wildman–Crippen MR) is 143 cm³/mol. The molecule has 1 aliphatic heterocycles. The van der Waals surface area contributed by atoms with Crippen molar-refractivity contribution in [2.24, 2.45) is 0 Å². The van der Waals surface area contributed by atoms with Crippen molar-refractivity contribution in [1.82, 2.24) is 25.2 Å². The molecule has 0 spiro atoms. The first-order valence-electron chi connectivity index (χ1n) is 13.2. The number of halogens is 3. The number of hydrogen-bond donors (Lipinski definition) is 1. The third kappa shape index (κ3) is 6.99. The first-order chi connectivity index (χ1) is 19.5. The molecule has 1 fully saturated rings. The Hall–Kier alpha value is -3.65. The Morgan fingerprint density at radius 2 is 1.61 bits per heavy atom. The molecule has 0 radical (unpaired) electrons. The first-order valence-corrected chi connectivity index (χ1v) is 14.7. The van der Waals surface area contributed by atoms with Gasteiger partial charge in [0.25, 0.3) is 0 Å². The zero-order valence-electron chi connectivity index (χ0n) is 22.7. The van der Waals surface area contributed by atoms with Crippen molar-refractivity contribution in [1.29, 1.82) is 0 Å². The largest absolute Gasteiger partial charge is 0.573 e. The Bertz CT molecular complexity index is 1420. The van der Waals surface area contributed by atoms with Crippen LogP contribution in [0.3, 0.4) is 0 Å². The van der Waals surface area contributed by atoms with E-state index in [0.717, 1.165) is 37.2 Å². The lowest BCUT2D eigenvalue weighted by molar-refractivity contribution is -0.274. The number of unbranched alkanes of at least 4 members (excludes halogenated alkanes) is 1. The van der Waals surface area contributed by atoms with E-state index < -0.39 is 32.6 Å². The summed E-state index contributed by atoms with van der Waals surface area (Å²) in [5.74, 6) is -0.454. The van der Waals surface area contributed by atoms with Crippen LogP contribution in [0.1, 0.15) is 38.3 Å². The molecule has 222 valence electrons. The van der Waals surface area contributed by atoms with Crippen LogP contribution >= 0.6 is 0 Å². The number of carbonyl (C=O) groups is 1. The standard InChI is InChI=1S/C27H32F3N5O5S/c1-3-4-15-35-20(18-32-33-35)19-34-16-13-26(14-17-34,25(36)31-2)41(37,38)24-11-9-22(10-12-24)39-21-5-7-23(8-6-21)40-27(28,29)30/h5-12,18H,3-4,13-17,19H2,1-2H3,(H,31,36). The van der Waals surface area contributed by atoms with Crippen LogP contribution in [0.4, 0.5) is 13.2 Å². The van der Waals surface area contributed by atoms with E-state index in [2.05, 4.69) is 32.2 Å². The Morgan fingerprint density at radius 1 is 1.02 bits per heavy atom. The van der Waals surface area contributed by atoms with E-state index in [1.54, 1.807) is 6.20 Å². The molecular weight excluding hydrogens is 563 g/mol. The van der Waals surface area contributed by atoms with Gasteiger partial charge in [-0.2, -0.15) is 0 Å². The summed E-state index contributed by atoms with van der Waals surface area (Å²) in [5.41, 5.74) is 0.937. The van der Waals surface area contributed by atoms with Crippen molar-refractivity contribution in [3.05, 3.63) is 60.4 Å². The smallest absolute Gasteiger partial charge is 0.457 e. The third-order valence-corrected chi connectivity index (χ3v) is 9.57. The molecule has 3 aromatic rings. The summed E-state index contributed by atoms with van der Waals surface area (Å²) in [7, 11) is -2.68. The molecule has 1 amide bonds. The molecule has 0 aliphatic carbocycles. The van der Waals surface area contributed by atoms with E-state index in [1.165, 1.54) is 43.4 Å². The summed E-state index contributed by atoms with van der Waals surface area (Å²) in [6, 6.07) is 10.4. The number of alkyl halides is 3. The zero-order valence-corrected chi connectivity index (χ0v) is 23.5. The van der Waals surface area contributed by atoms with Gasteiger partial charge in [0, 0.05) is 33.2 Å². The number of amides is 1. The van der Waals surface area contributed by atoms with E-state index in [0.29, 0.717) is 19.6 Å². The number of rotatable bonds is 11. The van der Waals surface area contributed by atoms with Gasteiger partial charge in [0.05, 0.1) is 16.8 Å². The lowest BCUT2D eigenvalue weighted by Crippen LogP contribution is -2.57. The molecule has 4 rings (SSSR count). The number of nitrogens with one attached hydrogen (secondary N) is 1. The average molecular weight is 596 g/mol. The fraction of sp³-hybridized carbons (Fsp3) is 0.444. The summed E-state index contributed by atoms with van der Waals surface area (Å²) in [5, 5.41) is 10.7. The van der Waals surface area contributed by atoms with Gasteiger partial charge >= 0.3 is 6.36 Å². The lowest BCUT2D eigenvalue weighted by atomic mass is 9.94. The number of ether oxygens (including phenoxy) is 2. The summed E-state index contributed by atoms with van der Waals surface area (Å²) in [6.07, 6.45) is -0.882. The van der Waals surface area contributed by atoms with Crippen molar-refractivity contribution in [2.45, 2.75) is 61.7 Å². The predicted octanol–water partition coefficient (Wildman–Crippen LogP) is 4.32. The van der Waals surface area contributed by atoms with E-state index in [4.69, 9.17) is 4.74 Å². The van der Waals surface area contributed by atoms with Crippen molar-refractivity contribution < 1.29 is 35.9 Å². The van der Waals surface area contributed by atoms with E-state index >= 15 is 0 Å². The molecule has 2 aromatic carbocycles. The van der Waals surface area contributed by atoms with E-state index in [-0.39, 0.29) is 29.2 Å². The maximum Gasteiger partial charge on any atom is 0.573 e. The van der Waals surface area contributed by atoms with Crippen molar-refractivity contribution in [3.8, 4) is 17.2 Å². The van der Waals surface area contributed by atoms with Gasteiger partial charge in [-0.1, -0.05) is 18.6 Å². The fourth-order valence-corrected chi connectivity index (χ4v) is 6.81. The molecule has 10 nitrogen and oxygen atoms in total. The van der Waals surface area contributed by atoms with Crippen LogP contribution < -0.4 is 14.8 Å². The second kappa shape index (κ2) is 12.5. The molecule has 1 saturated heterocycles. The number of nitrogens with zero attached hydrogens (tertiary/aromatic N) is 4. The molecule has 0 unspecified atom stereocenters. The minimum absolute atomic E-state index is 0.0299. The van der Waals surface area contributed by atoms with E-state index in [1.807, 2.05) is 4.68 Å². The fourth-order valence-electron chi connectivity index (χ4n) is 4.80. The van der Waals surface area contributed by atoms with Gasteiger partial charge in [0.2, 0.25) is 5.91 Å². The molecule has 41 heavy (non-hydrogen) atoms. The van der Waals surface area contributed by atoms with Gasteiger partial charge in [-0.3, -0.25) is 9.69 Å². The number of hydrogen-bond acceptors (Lipinski definition) is 8. The second-order valence-corrected chi connectivity index (χ2v) is 12.0. The molecule has 1 N–H and O–H groups in total. The molecule has 0 bridgehead atoms. The Balaban J connectivity index is 1.46. The topological polar surface area (TPSA) is 116 Å². The summed E-state index contributed by atoms with van der Waals surface area (Å²) in [6.45, 7) is 4.19. The molecule has 1 aliphatic rings. The molecule has 0 saturated carbocycles. The van der Waals surface area contributed by atoms with Crippen LogP contribution in [-0.2, 0) is 27.7 Å². The third-order valence-electron chi connectivity index (χ3n) is 7.05. The number of sulfone groups is 1. The average Bonchev–Trinajstić information content (AvgIpc) is 3.39. The molecule has 1 aromatic heterocycles. The van der Waals surface area contributed by atoms with Crippen LogP contribution in [0.25, 0.3) is 0 Å². The number of benzene rings is 2. The molecule has 0 atom stereocenters. The van der Waals surface area contributed by atoms with Crippen molar-refractivity contribution in [2.75, 3.05) is 20.1 Å². The molecule has 2 heterocycles. The molecular formula is C27H32F3N5O5S. The molecule has 14 heteroatoms. The lowest BCUT2D eigenvalue weighted by Gasteiger charge is -2.39. The maximum atomic E-state index is 13.9. The monoisotopic (exact) mass is 595 g/mol. The summed E-state index contributed by atoms with van der Waals surface area (Å²) < 4.78 is 74.6. The Kier molecular flexibility index (Phi) is 9.22. The van der Waals surface area contributed by atoms with Gasteiger partial charge in [0.15, 0.2) is 14.6 Å². The van der Waals surface area contributed by atoms with Gasteiger partial charge < -0.3 is 14.8 Å². The number of aryl methyl sites for hydroxylation is 1. The Labute approximate surface area is 236 Å². The van der Waals surface area contributed by atoms with Crippen LogP contribution in [0.5, 0.6) is 17.2 Å². The quantitative estimate of drug-likeness (QED) is 0.349. The normalized spacial score (nSPS) is 15.8. The van der Waals surface area contributed by atoms with Crippen LogP contribution in [-0.4, -0.2) is 65.5 Å². The second-order valence-electron chi connectivity index (χ2n) is 9.75. The highest BCUT2D eigenvalue weighted by Crippen LogP contribution is 2.37. The van der Waals surface area contributed by atoms with Gasteiger partial charge in [-0.15, -0.1) is 18.3 Å². The number of aromatic nitrogens is 3. The minimum Gasteiger partial charge on any atom is -0.457 e. The van der Waals surface area contributed by atoms with Gasteiger partial charge in [-0.05, 0) is 67.8 Å². The van der Waals surface area contributed by atoms with Crippen LogP contribution in [0.15, 0.2) is 59.6 Å². The van der Waals surface area contributed by atoms with Crippen molar-refractivity contribution in [3.63, 3.8) is 0 Å². The minimum atomic E-state index is -4.80. The SMILES string of the molecule is CCCCn1nncc1CN1CCC(C(=O)NC)(S(=O)(=O)c2ccc(Oc3ccc(OC(F)(F)F)cc3)cc2)CC1. The number of piperidine rings is 1. The maximum absolute atomic E-state index is 13.9. The van der Waals surface area contributed by atoms with Gasteiger partial charge in [0.1, 0.15) is 17.2 Å². The highest BCUT2D eigenvalue weighted by Gasteiger charge is 2.52. The van der Waals surface area contributed by atoms with Gasteiger partial charge in [-0.25, -0.2) is 13.1 Å². The number of likely N-dealkylation sites (tertiary alicyclic amines) is 1.